The average molecular weight is 350 g/mol. The highest BCUT2D eigenvalue weighted by molar-refractivity contribution is 6.13. The first-order valence-corrected chi connectivity index (χ1v) is 8.43. The van der Waals surface area contributed by atoms with Crippen molar-refractivity contribution in [2.24, 2.45) is 5.73 Å². The number of rotatable bonds is 8. The summed E-state index contributed by atoms with van der Waals surface area (Å²) in [7, 11) is 0. The van der Waals surface area contributed by atoms with Crippen LogP contribution in [0, 0.1) is 0 Å². The molecule has 0 radical (unpaired) electrons. The summed E-state index contributed by atoms with van der Waals surface area (Å²) in [5.41, 5.74) is 7.10. The van der Waals surface area contributed by atoms with Crippen LogP contribution in [0.5, 0.6) is 0 Å². The summed E-state index contributed by atoms with van der Waals surface area (Å²) >= 11 is 0. The van der Waals surface area contributed by atoms with Gasteiger partial charge in [-0.1, -0.05) is 48.5 Å². The topological polar surface area (TPSA) is 89.3 Å². The number of nitrogens with two attached hydrogens (primary N) is 1. The van der Waals surface area contributed by atoms with Gasteiger partial charge in [-0.2, -0.15) is 0 Å². The van der Waals surface area contributed by atoms with Crippen molar-refractivity contribution in [2.45, 2.75) is 19.8 Å². The first-order chi connectivity index (χ1) is 12.5. The van der Waals surface area contributed by atoms with E-state index in [9.17, 15) is 14.4 Å². The highest BCUT2D eigenvalue weighted by Crippen LogP contribution is 2.17. The van der Waals surface area contributed by atoms with E-state index in [1.807, 2.05) is 12.1 Å². The van der Waals surface area contributed by atoms with Gasteiger partial charge in [0, 0.05) is 28.8 Å². The molecule has 0 unspecified atom stereocenters. The van der Waals surface area contributed by atoms with E-state index in [1.165, 1.54) is 0 Å². The van der Waals surface area contributed by atoms with Crippen molar-refractivity contribution in [3.8, 4) is 0 Å². The summed E-state index contributed by atoms with van der Waals surface area (Å²) in [6.07, 6.45) is 0.884. The van der Waals surface area contributed by atoms with Crippen LogP contribution in [0.15, 0.2) is 71.8 Å². The third-order valence-corrected chi connectivity index (χ3v) is 4.06. The molecule has 0 saturated carbocycles. The van der Waals surface area contributed by atoms with Gasteiger partial charge in [0.2, 0.25) is 5.91 Å². The number of carbonyl (C=O) groups excluding carboxylic acids is 3. The molecular weight excluding hydrogens is 328 g/mol. The minimum Gasteiger partial charge on any atom is -0.366 e. The van der Waals surface area contributed by atoms with E-state index in [2.05, 4.69) is 5.32 Å². The van der Waals surface area contributed by atoms with Gasteiger partial charge in [-0.15, -0.1) is 0 Å². The third-order valence-electron chi connectivity index (χ3n) is 4.06. The van der Waals surface area contributed by atoms with E-state index in [0.29, 0.717) is 36.1 Å². The van der Waals surface area contributed by atoms with Crippen LogP contribution in [0.25, 0.3) is 0 Å². The van der Waals surface area contributed by atoms with Crippen molar-refractivity contribution in [3.63, 3.8) is 0 Å². The molecule has 0 aromatic heterocycles. The number of carbonyl (C=O) groups is 3. The Bertz CT molecular complexity index is 812. The maximum absolute atomic E-state index is 12.7. The number of primary amides is 1. The first kappa shape index (κ1) is 19.1. The predicted molar refractivity (Wildman–Crippen MR) is 101 cm³/mol. The quantitative estimate of drug-likeness (QED) is 0.436. The molecule has 2 rings (SSSR count). The Labute approximate surface area is 152 Å². The van der Waals surface area contributed by atoms with E-state index in [0.717, 1.165) is 0 Å². The van der Waals surface area contributed by atoms with Gasteiger partial charge in [0.15, 0.2) is 5.78 Å². The fourth-order valence-corrected chi connectivity index (χ4v) is 2.54. The largest absolute Gasteiger partial charge is 0.366 e. The van der Waals surface area contributed by atoms with Gasteiger partial charge < -0.3 is 11.1 Å². The van der Waals surface area contributed by atoms with Crippen LogP contribution in [0.4, 0.5) is 0 Å². The second kappa shape index (κ2) is 9.32. The molecule has 0 heterocycles. The lowest BCUT2D eigenvalue weighted by Crippen LogP contribution is -2.25. The molecule has 26 heavy (non-hydrogen) atoms. The second-order valence-corrected chi connectivity index (χ2v) is 5.89. The maximum Gasteiger partial charge on any atom is 0.251 e. The van der Waals surface area contributed by atoms with E-state index in [-0.39, 0.29) is 17.3 Å². The van der Waals surface area contributed by atoms with Gasteiger partial charge in [0.05, 0.1) is 0 Å². The van der Waals surface area contributed by atoms with Crippen molar-refractivity contribution in [3.05, 3.63) is 82.9 Å². The molecule has 0 aliphatic heterocycles. The number of nitrogens with one attached hydrogen (secondary N) is 1. The van der Waals surface area contributed by atoms with Crippen LogP contribution < -0.4 is 11.1 Å². The Morgan fingerprint density at radius 1 is 0.885 bits per heavy atom. The smallest absolute Gasteiger partial charge is 0.251 e. The Morgan fingerprint density at radius 2 is 1.42 bits per heavy atom. The van der Waals surface area contributed by atoms with Crippen LogP contribution in [-0.4, -0.2) is 24.1 Å². The molecule has 0 atom stereocenters. The lowest BCUT2D eigenvalue weighted by Gasteiger charge is -2.11. The van der Waals surface area contributed by atoms with Gasteiger partial charge >= 0.3 is 0 Å². The maximum atomic E-state index is 12.7. The van der Waals surface area contributed by atoms with Gasteiger partial charge in [0.1, 0.15) is 0 Å². The molecule has 3 N–H and O–H groups in total. The molecule has 5 heteroatoms. The van der Waals surface area contributed by atoms with Gasteiger partial charge in [-0.25, -0.2) is 0 Å². The highest BCUT2D eigenvalue weighted by atomic mass is 16.2. The lowest BCUT2D eigenvalue weighted by atomic mass is 9.95. The molecule has 0 aliphatic rings. The molecule has 0 fully saturated rings. The van der Waals surface area contributed by atoms with Crippen LogP contribution in [0.3, 0.4) is 0 Å². The van der Waals surface area contributed by atoms with E-state index in [1.54, 1.807) is 55.5 Å². The summed E-state index contributed by atoms with van der Waals surface area (Å²) in [5.74, 6) is -0.994. The molecule has 5 nitrogen and oxygen atoms in total. The van der Waals surface area contributed by atoms with E-state index < -0.39 is 5.91 Å². The van der Waals surface area contributed by atoms with Crippen molar-refractivity contribution >= 4 is 17.6 Å². The molecule has 2 amide bonds. The summed E-state index contributed by atoms with van der Waals surface area (Å²) in [6, 6.07) is 17.7. The zero-order valence-electron chi connectivity index (χ0n) is 14.7. The Morgan fingerprint density at radius 3 is 1.96 bits per heavy atom. The zero-order chi connectivity index (χ0) is 18.9. The molecule has 0 saturated heterocycles. The highest BCUT2D eigenvalue weighted by Gasteiger charge is 2.17. The van der Waals surface area contributed by atoms with E-state index >= 15 is 0 Å². The summed E-state index contributed by atoms with van der Waals surface area (Å²) in [5, 5.41) is 2.81. The molecule has 134 valence electrons. The molecule has 2 aromatic carbocycles. The number of Topliss-reactive ketones (excluding diaryl/α,β-unsaturated/α-hetero) is 1. The van der Waals surface area contributed by atoms with Gasteiger partial charge in [-0.3, -0.25) is 14.4 Å². The van der Waals surface area contributed by atoms with Crippen LogP contribution in [0.1, 0.15) is 40.5 Å². The number of hydrogen-bond donors (Lipinski definition) is 2. The van der Waals surface area contributed by atoms with Crippen LogP contribution in [0.2, 0.25) is 0 Å². The molecular formula is C21H22N2O3. The number of hydrogen-bond acceptors (Lipinski definition) is 3. The number of amides is 2. The Kier molecular flexibility index (Phi) is 6.85. The molecule has 0 aliphatic carbocycles. The summed E-state index contributed by atoms with van der Waals surface area (Å²) in [6.45, 7) is 1.95. The average Bonchev–Trinajstić information content (AvgIpc) is 2.68. The minimum absolute atomic E-state index is 0.169. The summed E-state index contributed by atoms with van der Waals surface area (Å²) < 4.78 is 0. The minimum atomic E-state index is -0.613. The standard InChI is InChI=1S/C21H22N2O3/c1-15(20(22)25)18(19(24)16-9-4-2-5-10-16)13-8-14-23-21(26)17-11-6-3-7-12-17/h2-7,9-12H,8,13-14H2,1H3,(H2,22,25)(H,23,26). The normalized spacial score (nSPS) is 11.4. The molecule has 0 spiro atoms. The fraction of sp³-hybridized carbons (Fsp3) is 0.190. The fourth-order valence-electron chi connectivity index (χ4n) is 2.54. The predicted octanol–water partition coefficient (Wildman–Crippen LogP) is 2.88. The zero-order valence-corrected chi connectivity index (χ0v) is 14.7. The Balaban J connectivity index is 2.00. The molecule has 2 aromatic rings. The monoisotopic (exact) mass is 350 g/mol. The Hall–Kier alpha value is -3.21. The molecule has 0 bridgehead atoms. The summed E-state index contributed by atoms with van der Waals surface area (Å²) in [4.78, 5) is 36.3. The number of ketones is 1. The van der Waals surface area contributed by atoms with Crippen LogP contribution >= 0.6 is 0 Å². The second-order valence-electron chi connectivity index (χ2n) is 5.89. The van der Waals surface area contributed by atoms with Crippen molar-refractivity contribution in [1.82, 2.24) is 5.32 Å². The third kappa shape index (κ3) is 5.14. The SMILES string of the molecule is CC(C(N)=O)=C(CCCNC(=O)c1ccccc1)C(=O)c1ccccc1. The number of allylic oxidation sites excluding steroid dienone is 1. The van der Waals surface area contributed by atoms with Crippen LogP contribution in [-0.2, 0) is 4.79 Å². The lowest BCUT2D eigenvalue weighted by molar-refractivity contribution is -0.114. The van der Waals surface area contributed by atoms with Crippen molar-refractivity contribution in [2.75, 3.05) is 6.54 Å². The van der Waals surface area contributed by atoms with Crippen molar-refractivity contribution in [1.29, 1.82) is 0 Å². The van der Waals surface area contributed by atoms with E-state index in [4.69, 9.17) is 5.73 Å². The number of benzene rings is 2. The van der Waals surface area contributed by atoms with Gasteiger partial charge in [0.25, 0.3) is 5.91 Å². The van der Waals surface area contributed by atoms with Gasteiger partial charge in [-0.05, 0) is 31.9 Å². The first-order valence-electron chi connectivity index (χ1n) is 8.43. The van der Waals surface area contributed by atoms with Crippen molar-refractivity contribution < 1.29 is 14.4 Å².